The van der Waals surface area contributed by atoms with Gasteiger partial charge in [0.05, 0.1) is 22.1 Å². The molecule has 0 fully saturated rings. The highest BCUT2D eigenvalue weighted by molar-refractivity contribution is 7.92. The van der Waals surface area contributed by atoms with Crippen molar-refractivity contribution < 1.29 is 13.5 Å². The first-order chi connectivity index (χ1) is 15.8. The Bertz CT molecular complexity index is 1660. The molecule has 0 saturated heterocycles. The van der Waals surface area contributed by atoms with Crippen LogP contribution in [0.1, 0.15) is 11.1 Å². The van der Waals surface area contributed by atoms with E-state index >= 15 is 0 Å². The largest absolute Gasteiger partial charge is 0.508 e. The number of rotatable bonds is 4. The van der Waals surface area contributed by atoms with Gasteiger partial charge >= 0.3 is 0 Å². The van der Waals surface area contributed by atoms with E-state index in [-0.39, 0.29) is 32.5 Å². The number of aromatic hydroxyl groups is 1. The van der Waals surface area contributed by atoms with Crippen molar-refractivity contribution in [2.75, 3.05) is 5.73 Å². The van der Waals surface area contributed by atoms with E-state index in [1.54, 1.807) is 48.5 Å². The normalized spacial score (nSPS) is 12.2. The zero-order valence-electron chi connectivity index (χ0n) is 17.5. The molecular weight excluding hydrogens is 438 g/mol. The third-order valence-electron chi connectivity index (χ3n) is 5.22. The number of phenolic OH excluding ortho intramolecular Hbond substituents is 1. The smallest absolute Gasteiger partial charge is 0.212 e. The van der Waals surface area contributed by atoms with E-state index in [9.17, 15) is 13.5 Å². The van der Waals surface area contributed by atoms with Crippen molar-refractivity contribution >= 4 is 44.1 Å². The van der Waals surface area contributed by atoms with Gasteiger partial charge in [-0.25, -0.2) is 18.4 Å². The summed E-state index contributed by atoms with van der Waals surface area (Å²) in [6.45, 7) is 1.88. The Hall–Kier alpha value is -4.24. The number of nitrogens with zero attached hydrogens (tertiary/aromatic N) is 4. The Morgan fingerprint density at radius 1 is 0.970 bits per heavy atom. The fourth-order valence-corrected chi connectivity index (χ4v) is 5.05. The van der Waals surface area contributed by atoms with E-state index in [2.05, 4.69) is 15.1 Å². The Labute approximate surface area is 189 Å². The molecule has 0 aliphatic rings. The van der Waals surface area contributed by atoms with Gasteiger partial charge in [0.1, 0.15) is 22.0 Å². The average molecular weight is 458 g/mol. The van der Waals surface area contributed by atoms with Gasteiger partial charge in [0.2, 0.25) is 9.84 Å². The summed E-state index contributed by atoms with van der Waals surface area (Å²) in [5.74, 6) is -0.0185. The summed E-state index contributed by atoms with van der Waals surface area (Å²) < 4.78 is 28.5. The Balaban J connectivity index is 1.79. The SMILES string of the molecule is Cc1ccc(S(=O)(=O)c2c(N)n(N=Cc3cccc(O)c3)c3nc4ccccc4nc23)cc1. The molecule has 2 heterocycles. The maximum atomic E-state index is 13.6. The van der Waals surface area contributed by atoms with Crippen LogP contribution in [0.2, 0.25) is 0 Å². The van der Waals surface area contributed by atoms with Crippen molar-refractivity contribution in [3.05, 3.63) is 83.9 Å². The summed E-state index contributed by atoms with van der Waals surface area (Å²) >= 11 is 0. The number of benzene rings is 3. The number of nitrogen functional groups attached to an aromatic ring is 1. The summed E-state index contributed by atoms with van der Waals surface area (Å²) in [5, 5.41) is 14.1. The Kier molecular flexibility index (Phi) is 4.83. The minimum Gasteiger partial charge on any atom is -0.508 e. The number of aryl methyl sites for hydroxylation is 1. The molecule has 0 amide bonds. The molecule has 3 aromatic carbocycles. The first-order valence-corrected chi connectivity index (χ1v) is 11.5. The number of phenols is 1. The number of sulfone groups is 1. The molecule has 0 spiro atoms. The monoisotopic (exact) mass is 457 g/mol. The minimum absolute atomic E-state index is 0.0812. The minimum atomic E-state index is -4.01. The van der Waals surface area contributed by atoms with Gasteiger partial charge in [0.25, 0.3) is 0 Å². The van der Waals surface area contributed by atoms with Gasteiger partial charge in [-0.05, 0) is 48.9 Å². The molecule has 164 valence electrons. The zero-order valence-corrected chi connectivity index (χ0v) is 18.4. The van der Waals surface area contributed by atoms with Crippen LogP contribution in [-0.2, 0) is 9.84 Å². The van der Waals surface area contributed by atoms with Crippen LogP contribution >= 0.6 is 0 Å². The molecule has 0 aliphatic heterocycles. The van der Waals surface area contributed by atoms with Gasteiger partial charge in [-0.3, -0.25) is 0 Å². The molecule has 5 aromatic rings. The molecule has 9 heteroatoms. The van der Waals surface area contributed by atoms with Crippen LogP contribution < -0.4 is 5.73 Å². The molecular formula is C24H19N5O3S. The lowest BCUT2D eigenvalue weighted by Gasteiger charge is -2.05. The van der Waals surface area contributed by atoms with Crippen molar-refractivity contribution in [3.8, 4) is 5.75 Å². The van der Waals surface area contributed by atoms with E-state index < -0.39 is 9.84 Å². The molecule has 0 aliphatic carbocycles. The summed E-state index contributed by atoms with van der Waals surface area (Å²) in [6, 6.07) is 20.2. The van der Waals surface area contributed by atoms with Gasteiger partial charge in [0.15, 0.2) is 5.65 Å². The summed E-state index contributed by atoms with van der Waals surface area (Å²) in [5.41, 5.74) is 9.38. The van der Waals surface area contributed by atoms with Gasteiger partial charge in [-0.1, -0.05) is 42.0 Å². The lowest BCUT2D eigenvalue weighted by molar-refractivity contribution is 0.475. The van der Waals surface area contributed by atoms with Crippen molar-refractivity contribution in [3.63, 3.8) is 0 Å². The maximum absolute atomic E-state index is 13.6. The highest BCUT2D eigenvalue weighted by Crippen LogP contribution is 2.35. The molecule has 0 atom stereocenters. The van der Waals surface area contributed by atoms with Crippen LogP contribution in [0.25, 0.3) is 22.2 Å². The summed E-state index contributed by atoms with van der Waals surface area (Å²) in [4.78, 5) is 9.14. The van der Waals surface area contributed by atoms with E-state index in [1.165, 1.54) is 29.1 Å². The average Bonchev–Trinajstić information content (AvgIpc) is 3.07. The summed E-state index contributed by atoms with van der Waals surface area (Å²) in [7, 11) is -4.01. The fraction of sp³-hybridized carbons (Fsp3) is 0.0417. The number of hydrogen-bond acceptors (Lipinski definition) is 7. The lowest BCUT2D eigenvalue weighted by atomic mass is 10.2. The van der Waals surface area contributed by atoms with Crippen molar-refractivity contribution in [1.29, 1.82) is 0 Å². The van der Waals surface area contributed by atoms with Crippen LogP contribution in [0.15, 0.2) is 87.7 Å². The number of fused-ring (bicyclic) bond motifs is 2. The van der Waals surface area contributed by atoms with E-state index in [0.29, 0.717) is 16.6 Å². The number of aromatic nitrogens is 3. The lowest BCUT2D eigenvalue weighted by Crippen LogP contribution is -2.06. The molecule has 0 saturated carbocycles. The van der Waals surface area contributed by atoms with E-state index in [1.807, 2.05) is 13.0 Å². The van der Waals surface area contributed by atoms with E-state index in [0.717, 1.165) is 5.56 Å². The first kappa shape index (κ1) is 20.7. The molecule has 2 aromatic heterocycles. The second kappa shape index (κ2) is 7.72. The van der Waals surface area contributed by atoms with Crippen molar-refractivity contribution in [2.45, 2.75) is 16.7 Å². The second-order valence-electron chi connectivity index (χ2n) is 7.57. The van der Waals surface area contributed by atoms with Gasteiger partial charge in [-0.2, -0.15) is 9.78 Å². The molecule has 33 heavy (non-hydrogen) atoms. The highest BCUT2D eigenvalue weighted by Gasteiger charge is 2.30. The molecule has 0 radical (unpaired) electrons. The number of hydrogen-bond donors (Lipinski definition) is 2. The van der Waals surface area contributed by atoms with Crippen molar-refractivity contribution in [2.24, 2.45) is 5.10 Å². The Morgan fingerprint density at radius 2 is 1.67 bits per heavy atom. The Morgan fingerprint density at radius 3 is 2.36 bits per heavy atom. The van der Waals surface area contributed by atoms with Crippen molar-refractivity contribution in [1.82, 2.24) is 14.6 Å². The zero-order chi connectivity index (χ0) is 23.2. The molecule has 8 nitrogen and oxygen atoms in total. The summed E-state index contributed by atoms with van der Waals surface area (Å²) in [6.07, 6.45) is 1.47. The standard InChI is InChI=1S/C24H19N5O3S/c1-15-9-11-18(12-10-15)33(31,32)22-21-24(28-20-8-3-2-7-19(20)27-21)29(23(22)25)26-14-16-5-4-6-17(30)13-16/h2-14,30H,25H2,1H3. The second-order valence-corrected chi connectivity index (χ2v) is 9.45. The topological polar surface area (TPSA) is 123 Å². The number of para-hydroxylation sites is 2. The molecule has 0 unspecified atom stereocenters. The highest BCUT2D eigenvalue weighted by atomic mass is 32.2. The van der Waals surface area contributed by atoms with Crippen LogP contribution in [0.3, 0.4) is 0 Å². The first-order valence-electron chi connectivity index (χ1n) is 10.1. The van der Waals surface area contributed by atoms with Gasteiger partial charge in [-0.15, -0.1) is 0 Å². The maximum Gasteiger partial charge on any atom is 0.212 e. The third-order valence-corrected chi connectivity index (χ3v) is 7.05. The predicted molar refractivity (Wildman–Crippen MR) is 127 cm³/mol. The number of anilines is 1. The van der Waals surface area contributed by atoms with Gasteiger partial charge < -0.3 is 10.8 Å². The molecule has 3 N–H and O–H groups in total. The predicted octanol–water partition coefficient (Wildman–Crippen LogP) is 3.90. The quantitative estimate of drug-likeness (QED) is 0.395. The fourth-order valence-electron chi connectivity index (χ4n) is 3.57. The van der Waals surface area contributed by atoms with Crippen LogP contribution in [0.5, 0.6) is 5.75 Å². The van der Waals surface area contributed by atoms with E-state index in [4.69, 9.17) is 5.73 Å². The molecule has 5 rings (SSSR count). The van der Waals surface area contributed by atoms with Gasteiger partial charge in [0, 0.05) is 0 Å². The number of nitrogens with two attached hydrogens (primary N) is 1. The van der Waals surface area contributed by atoms with Crippen LogP contribution in [-0.4, -0.2) is 34.4 Å². The van der Waals surface area contributed by atoms with Crippen LogP contribution in [0.4, 0.5) is 5.82 Å². The van der Waals surface area contributed by atoms with Crippen LogP contribution in [0, 0.1) is 6.92 Å². The third kappa shape index (κ3) is 3.58. The molecule has 0 bridgehead atoms.